The van der Waals surface area contributed by atoms with Gasteiger partial charge in [0, 0.05) is 42.0 Å². The third kappa shape index (κ3) is 3.74. The number of piperidine rings is 1. The van der Waals surface area contributed by atoms with E-state index in [4.69, 9.17) is 14.0 Å². The molecule has 1 N–H and O–H groups in total. The molecule has 9 nitrogen and oxygen atoms in total. The van der Waals surface area contributed by atoms with Crippen LogP contribution in [0.2, 0.25) is 0 Å². The first kappa shape index (κ1) is 20.3. The first-order valence-corrected chi connectivity index (χ1v) is 10.7. The Morgan fingerprint density at radius 2 is 1.84 bits per heavy atom. The molecule has 2 aliphatic heterocycles. The van der Waals surface area contributed by atoms with Crippen molar-refractivity contribution in [2.45, 2.75) is 43.7 Å². The SMILES string of the molecule is COc1ccc(OC)c(NC(=O)N2C3CCC2CC(c2nc(-c4ccncc4)no2)C3)c1. The lowest BCUT2D eigenvalue weighted by molar-refractivity contribution is 0.140. The van der Waals surface area contributed by atoms with Crippen molar-refractivity contribution in [2.75, 3.05) is 19.5 Å². The summed E-state index contributed by atoms with van der Waals surface area (Å²) in [7, 11) is 3.17. The second kappa shape index (κ2) is 8.49. The summed E-state index contributed by atoms with van der Waals surface area (Å²) in [4.78, 5) is 23.8. The molecule has 2 atom stereocenters. The molecule has 2 bridgehead atoms. The lowest BCUT2D eigenvalue weighted by atomic mass is 9.91. The van der Waals surface area contributed by atoms with Crippen molar-refractivity contribution in [1.82, 2.24) is 20.0 Å². The van der Waals surface area contributed by atoms with Crippen LogP contribution in [-0.4, -0.2) is 52.4 Å². The fourth-order valence-corrected chi connectivity index (χ4v) is 4.82. The largest absolute Gasteiger partial charge is 0.497 e. The standard InChI is InChI=1S/C23H25N5O4/c1-30-18-5-6-20(31-2)19(13-18)25-23(29)28-16-3-4-17(28)12-15(11-16)22-26-21(27-32-22)14-7-9-24-10-8-14/h5-10,13,15-17H,3-4,11-12H2,1-2H3,(H,25,29). The third-order valence-corrected chi connectivity index (χ3v) is 6.35. The topological polar surface area (TPSA) is 103 Å². The number of amides is 2. The number of anilines is 1. The fraction of sp³-hybridized carbons (Fsp3) is 0.391. The van der Waals surface area contributed by atoms with Gasteiger partial charge in [-0.05, 0) is 49.9 Å². The molecule has 0 saturated carbocycles. The van der Waals surface area contributed by atoms with Crippen molar-refractivity contribution in [1.29, 1.82) is 0 Å². The summed E-state index contributed by atoms with van der Waals surface area (Å²) in [6.07, 6.45) is 6.96. The number of fused-ring (bicyclic) bond motifs is 2. The first-order chi connectivity index (χ1) is 15.7. The van der Waals surface area contributed by atoms with Crippen LogP contribution in [0.5, 0.6) is 11.5 Å². The monoisotopic (exact) mass is 435 g/mol. The highest BCUT2D eigenvalue weighted by Crippen LogP contribution is 2.43. The molecule has 3 aromatic rings. The van der Waals surface area contributed by atoms with Crippen LogP contribution < -0.4 is 14.8 Å². The molecule has 2 saturated heterocycles. The van der Waals surface area contributed by atoms with E-state index in [2.05, 4.69) is 20.4 Å². The van der Waals surface area contributed by atoms with Crippen LogP contribution in [0.4, 0.5) is 10.5 Å². The van der Waals surface area contributed by atoms with Crippen LogP contribution in [0.3, 0.4) is 0 Å². The van der Waals surface area contributed by atoms with Gasteiger partial charge in [-0.2, -0.15) is 4.98 Å². The number of carbonyl (C=O) groups excluding carboxylic acids is 1. The number of benzene rings is 1. The molecule has 0 aliphatic carbocycles. The first-order valence-electron chi connectivity index (χ1n) is 10.7. The van der Waals surface area contributed by atoms with E-state index in [0.29, 0.717) is 28.9 Å². The maximum atomic E-state index is 13.2. The Morgan fingerprint density at radius 3 is 2.53 bits per heavy atom. The predicted molar refractivity (Wildman–Crippen MR) is 117 cm³/mol. The summed E-state index contributed by atoms with van der Waals surface area (Å²) in [6.45, 7) is 0. The molecule has 5 rings (SSSR count). The minimum absolute atomic E-state index is 0.120. The maximum Gasteiger partial charge on any atom is 0.322 e. The number of rotatable bonds is 5. The number of nitrogens with zero attached hydrogens (tertiary/aromatic N) is 4. The van der Waals surface area contributed by atoms with Gasteiger partial charge in [0.1, 0.15) is 11.5 Å². The molecule has 4 heterocycles. The summed E-state index contributed by atoms with van der Waals surface area (Å²) >= 11 is 0. The molecule has 32 heavy (non-hydrogen) atoms. The number of urea groups is 1. The predicted octanol–water partition coefficient (Wildman–Crippen LogP) is 4.09. The van der Waals surface area contributed by atoms with Crippen molar-refractivity contribution in [3.63, 3.8) is 0 Å². The van der Waals surface area contributed by atoms with Gasteiger partial charge in [-0.25, -0.2) is 4.79 Å². The molecular weight excluding hydrogens is 410 g/mol. The van der Waals surface area contributed by atoms with Crippen LogP contribution in [-0.2, 0) is 0 Å². The molecule has 2 aromatic heterocycles. The zero-order chi connectivity index (χ0) is 22.1. The Bertz CT molecular complexity index is 1090. The molecule has 9 heteroatoms. The average molecular weight is 435 g/mol. The lowest BCUT2D eigenvalue weighted by Crippen LogP contribution is -2.48. The quantitative estimate of drug-likeness (QED) is 0.644. The molecule has 0 spiro atoms. The Hall–Kier alpha value is -3.62. The van der Waals surface area contributed by atoms with E-state index in [-0.39, 0.29) is 24.0 Å². The average Bonchev–Trinajstić information content (AvgIpc) is 3.42. The van der Waals surface area contributed by atoms with Gasteiger partial charge in [-0.1, -0.05) is 5.16 Å². The molecule has 2 aliphatic rings. The number of hydrogen-bond acceptors (Lipinski definition) is 7. The number of methoxy groups -OCH3 is 2. The van der Waals surface area contributed by atoms with E-state index >= 15 is 0 Å². The van der Waals surface area contributed by atoms with E-state index in [1.165, 1.54) is 0 Å². The van der Waals surface area contributed by atoms with Gasteiger partial charge in [-0.3, -0.25) is 4.98 Å². The van der Waals surface area contributed by atoms with Crippen molar-refractivity contribution < 1.29 is 18.8 Å². The van der Waals surface area contributed by atoms with E-state index < -0.39 is 0 Å². The summed E-state index contributed by atoms with van der Waals surface area (Å²) in [5, 5.41) is 7.16. The van der Waals surface area contributed by atoms with Gasteiger partial charge < -0.3 is 24.2 Å². The summed E-state index contributed by atoms with van der Waals surface area (Å²) in [6, 6.07) is 9.21. The minimum Gasteiger partial charge on any atom is -0.497 e. The molecular formula is C23H25N5O4. The van der Waals surface area contributed by atoms with E-state index in [1.54, 1.807) is 44.8 Å². The van der Waals surface area contributed by atoms with Crippen molar-refractivity contribution >= 4 is 11.7 Å². The van der Waals surface area contributed by atoms with Crippen LogP contribution in [0.1, 0.15) is 37.5 Å². The highest BCUT2D eigenvalue weighted by Gasteiger charge is 2.45. The molecule has 0 radical (unpaired) electrons. The van der Waals surface area contributed by atoms with Crippen LogP contribution in [0.25, 0.3) is 11.4 Å². The Morgan fingerprint density at radius 1 is 1.09 bits per heavy atom. The molecule has 2 amide bonds. The number of pyridine rings is 1. The fourth-order valence-electron chi connectivity index (χ4n) is 4.82. The minimum atomic E-state index is -0.120. The van der Waals surface area contributed by atoms with Crippen LogP contribution in [0.15, 0.2) is 47.2 Å². The summed E-state index contributed by atoms with van der Waals surface area (Å²) in [5.41, 5.74) is 1.47. The summed E-state index contributed by atoms with van der Waals surface area (Å²) < 4.78 is 16.3. The maximum absolute atomic E-state index is 13.2. The highest BCUT2D eigenvalue weighted by atomic mass is 16.5. The van der Waals surface area contributed by atoms with E-state index in [1.807, 2.05) is 17.0 Å². The van der Waals surface area contributed by atoms with Gasteiger partial charge >= 0.3 is 6.03 Å². The second-order valence-corrected chi connectivity index (χ2v) is 8.15. The van der Waals surface area contributed by atoms with Crippen molar-refractivity contribution in [3.8, 4) is 22.9 Å². The van der Waals surface area contributed by atoms with Gasteiger partial charge in [0.15, 0.2) is 0 Å². The van der Waals surface area contributed by atoms with Crippen molar-refractivity contribution in [3.05, 3.63) is 48.6 Å². The van der Waals surface area contributed by atoms with Crippen molar-refractivity contribution in [2.24, 2.45) is 0 Å². The van der Waals surface area contributed by atoms with Gasteiger partial charge in [-0.15, -0.1) is 0 Å². The Balaban J connectivity index is 1.30. The van der Waals surface area contributed by atoms with E-state index in [0.717, 1.165) is 31.2 Å². The van der Waals surface area contributed by atoms with Gasteiger partial charge in [0.05, 0.1) is 19.9 Å². The van der Waals surface area contributed by atoms with E-state index in [9.17, 15) is 4.79 Å². The zero-order valence-electron chi connectivity index (χ0n) is 18.0. The number of hydrogen-bond donors (Lipinski definition) is 1. The zero-order valence-corrected chi connectivity index (χ0v) is 18.0. The smallest absolute Gasteiger partial charge is 0.322 e. The molecule has 2 fully saturated rings. The Kier molecular flexibility index (Phi) is 5.38. The molecule has 166 valence electrons. The van der Waals surface area contributed by atoms with Crippen LogP contribution in [0, 0.1) is 0 Å². The number of ether oxygens (including phenoxy) is 2. The van der Waals surface area contributed by atoms with Gasteiger partial charge in [0.2, 0.25) is 11.7 Å². The summed E-state index contributed by atoms with van der Waals surface area (Å²) in [5.74, 6) is 2.61. The second-order valence-electron chi connectivity index (χ2n) is 8.15. The number of nitrogens with one attached hydrogen (secondary N) is 1. The van der Waals surface area contributed by atoms with Crippen LogP contribution >= 0.6 is 0 Å². The third-order valence-electron chi connectivity index (χ3n) is 6.35. The number of carbonyl (C=O) groups is 1. The normalized spacial score (nSPS) is 21.9. The molecule has 1 aromatic carbocycles. The molecule has 2 unspecified atom stereocenters. The lowest BCUT2D eigenvalue weighted by Gasteiger charge is -2.37. The highest BCUT2D eigenvalue weighted by molar-refractivity contribution is 5.92. The Labute approximate surface area is 185 Å². The number of aromatic nitrogens is 3. The van der Waals surface area contributed by atoms with Gasteiger partial charge in [0.25, 0.3) is 0 Å².